The van der Waals surface area contributed by atoms with Crippen LogP contribution in [-0.4, -0.2) is 0 Å². The zero-order valence-electron chi connectivity index (χ0n) is 2.17. The summed E-state index contributed by atoms with van der Waals surface area (Å²) in [5.41, 5.74) is 0. The van der Waals surface area contributed by atoms with Gasteiger partial charge < -0.3 is 17.1 Å². The van der Waals surface area contributed by atoms with Gasteiger partial charge in [-0.05, 0) is 0 Å². The quantitative estimate of drug-likeness (QED) is 0.387. The Labute approximate surface area is 70.8 Å². The molecule has 0 radical (unpaired) electrons. The maximum absolute atomic E-state index is 0. The Hall–Kier alpha value is 2.06. The topological polar surface area (TPSA) is 0 Å². The largest absolute Gasteiger partial charge is 2.00 e. The molecule has 0 aliphatic rings. The average molecular weight is 279 g/mol. The van der Waals surface area contributed by atoms with E-state index >= 15 is 0 Å². The van der Waals surface area contributed by atoms with E-state index in [2.05, 4.69) is 0 Å². The fourth-order valence-corrected chi connectivity index (χ4v) is 0. The Balaban J connectivity index is 0. The fourth-order valence-electron chi connectivity index (χ4n) is 0. The van der Waals surface area contributed by atoms with Gasteiger partial charge in [0.2, 0.25) is 0 Å². The maximum atomic E-state index is 0. The third-order valence-electron chi connectivity index (χ3n) is 0. The van der Waals surface area contributed by atoms with Crippen molar-refractivity contribution in [1.29, 1.82) is 0 Å². The molecule has 0 aliphatic heterocycles. The Morgan fingerprint density at radius 1 is 0.750 bits per heavy atom. The normalized spacial score (nSPS) is 0. The standard InChI is InChI=1S/2Cd.ClH.FH/h;;2*1H/q2*+2;;/p-2. The van der Waals surface area contributed by atoms with Crippen molar-refractivity contribution in [2.75, 3.05) is 0 Å². The molecule has 0 saturated carbocycles. The van der Waals surface area contributed by atoms with E-state index in [1.54, 1.807) is 0 Å². The monoisotopic (exact) mass is 282 g/mol. The van der Waals surface area contributed by atoms with Crippen molar-refractivity contribution in [2.24, 2.45) is 0 Å². The molecule has 0 aromatic rings. The molecule has 0 unspecified atom stereocenters. The van der Waals surface area contributed by atoms with E-state index in [1.807, 2.05) is 0 Å². The predicted molar refractivity (Wildman–Crippen MR) is 0 cm³/mol. The molecule has 0 atom stereocenters. The van der Waals surface area contributed by atoms with Gasteiger partial charge in [0.05, 0.1) is 0 Å². The van der Waals surface area contributed by atoms with Crippen molar-refractivity contribution >= 4 is 0 Å². The van der Waals surface area contributed by atoms with Crippen molar-refractivity contribution in [1.82, 2.24) is 0 Å². The van der Waals surface area contributed by atoms with Gasteiger partial charge in [0.25, 0.3) is 0 Å². The molecular formula is Cd2ClF+2. The van der Waals surface area contributed by atoms with Crippen LogP contribution in [0, 0.1) is 0 Å². The Kier molecular flexibility index (Phi) is 179. The van der Waals surface area contributed by atoms with Gasteiger partial charge in [0, 0.05) is 0 Å². The van der Waals surface area contributed by atoms with E-state index < -0.39 is 0 Å². The first kappa shape index (κ1) is 36.5. The minimum absolute atomic E-state index is 0. The van der Waals surface area contributed by atoms with Crippen LogP contribution in [0.25, 0.3) is 0 Å². The molecule has 0 amide bonds. The van der Waals surface area contributed by atoms with Crippen molar-refractivity contribution in [3.8, 4) is 0 Å². The van der Waals surface area contributed by atoms with Gasteiger partial charge in [0.15, 0.2) is 0 Å². The van der Waals surface area contributed by atoms with Gasteiger partial charge in [-0.25, -0.2) is 0 Å². The van der Waals surface area contributed by atoms with Gasteiger partial charge in [-0.2, -0.15) is 0 Å². The van der Waals surface area contributed by atoms with Crippen LogP contribution in [0.15, 0.2) is 0 Å². The zero-order chi connectivity index (χ0) is 0. The van der Waals surface area contributed by atoms with Crippen LogP contribution in [0.5, 0.6) is 0 Å². The number of halogens is 2. The number of hydrogen-bond acceptors (Lipinski definition) is 0. The molecular weight excluding hydrogens is 279 g/mol. The second-order valence-electron chi connectivity index (χ2n) is 0. The smallest absolute Gasteiger partial charge is 1.00 e. The average Bonchev–Trinajstić information content (AvgIpc) is 0. The maximum Gasteiger partial charge on any atom is 2.00 e. The molecule has 0 aromatic carbocycles. The molecule has 0 aromatic heterocycles. The second kappa shape index (κ2) is 19.6. The van der Waals surface area contributed by atoms with Crippen molar-refractivity contribution in [3.63, 3.8) is 0 Å². The van der Waals surface area contributed by atoms with Gasteiger partial charge in [-0.3, -0.25) is 0 Å². The molecule has 0 aliphatic carbocycles. The summed E-state index contributed by atoms with van der Waals surface area (Å²) in [5, 5.41) is 0. The summed E-state index contributed by atoms with van der Waals surface area (Å²) >= 11 is 0. The van der Waals surface area contributed by atoms with E-state index in [-0.39, 0.29) is 71.7 Å². The molecule has 0 heterocycles. The van der Waals surface area contributed by atoms with Crippen molar-refractivity contribution in [3.05, 3.63) is 0 Å². The van der Waals surface area contributed by atoms with E-state index in [0.717, 1.165) is 0 Å². The summed E-state index contributed by atoms with van der Waals surface area (Å²) in [4.78, 5) is 0. The summed E-state index contributed by atoms with van der Waals surface area (Å²) in [6, 6.07) is 0. The van der Waals surface area contributed by atoms with Gasteiger partial charge >= 0.3 is 54.6 Å². The van der Waals surface area contributed by atoms with E-state index in [1.165, 1.54) is 0 Å². The molecule has 0 nitrogen and oxygen atoms in total. The van der Waals surface area contributed by atoms with E-state index in [4.69, 9.17) is 0 Å². The number of rotatable bonds is 0. The molecule has 0 fully saturated rings. The first-order valence-corrected chi connectivity index (χ1v) is 0. The summed E-state index contributed by atoms with van der Waals surface area (Å²) in [6.07, 6.45) is 0. The van der Waals surface area contributed by atoms with Crippen LogP contribution in [0.3, 0.4) is 0 Å². The Bertz CT molecular complexity index is 6.00. The first-order valence-electron chi connectivity index (χ1n) is 0. The first-order chi connectivity index (χ1) is 0. The van der Waals surface area contributed by atoms with Crippen LogP contribution < -0.4 is 17.1 Å². The van der Waals surface area contributed by atoms with Gasteiger partial charge in [-0.1, -0.05) is 0 Å². The molecule has 0 saturated heterocycles. The summed E-state index contributed by atoms with van der Waals surface area (Å²) in [5.74, 6) is 0. The Morgan fingerprint density at radius 3 is 0.750 bits per heavy atom. The summed E-state index contributed by atoms with van der Waals surface area (Å²) in [7, 11) is 0. The third-order valence-corrected chi connectivity index (χ3v) is 0. The van der Waals surface area contributed by atoms with E-state index in [0.29, 0.717) is 0 Å². The SMILES string of the molecule is [Cd+2].[Cd+2].[Cl-].[F-]. The molecule has 4 heteroatoms. The Morgan fingerprint density at radius 2 is 0.750 bits per heavy atom. The van der Waals surface area contributed by atoms with Crippen molar-refractivity contribution < 1.29 is 71.7 Å². The number of hydrogen-bond donors (Lipinski definition) is 0. The van der Waals surface area contributed by atoms with Crippen LogP contribution in [0.4, 0.5) is 0 Å². The van der Waals surface area contributed by atoms with E-state index in [9.17, 15) is 0 Å². The predicted octanol–water partition coefficient (Wildman–Crippen LogP) is -6.00. The summed E-state index contributed by atoms with van der Waals surface area (Å²) < 4.78 is 0. The van der Waals surface area contributed by atoms with Crippen LogP contribution in [0.1, 0.15) is 0 Å². The molecule has 0 rings (SSSR count). The van der Waals surface area contributed by atoms with Gasteiger partial charge in [0.1, 0.15) is 0 Å². The van der Waals surface area contributed by atoms with Crippen LogP contribution in [-0.2, 0) is 54.6 Å². The molecule has 0 N–H and O–H groups in total. The zero-order valence-corrected chi connectivity index (χ0v) is 11.0. The molecule has 0 bridgehead atoms. The third kappa shape index (κ3) is 8.96. The van der Waals surface area contributed by atoms with Crippen LogP contribution in [0.2, 0.25) is 0 Å². The summed E-state index contributed by atoms with van der Waals surface area (Å²) in [6.45, 7) is 0. The minimum atomic E-state index is 0. The minimum Gasteiger partial charge on any atom is -1.00 e. The fraction of sp³-hybridized carbons (Fsp3) is 0. The molecule has 4 heavy (non-hydrogen) atoms. The van der Waals surface area contributed by atoms with Crippen molar-refractivity contribution in [2.45, 2.75) is 0 Å². The molecule has 16 valence electrons. The van der Waals surface area contributed by atoms with Gasteiger partial charge in [-0.15, -0.1) is 0 Å². The van der Waals surface area contributed by atoms with Crippen LogP contribution >= 0.6 is 0 Å². The second-order valence-corrected chi connectivity index (χ2v) is 0. The molecule has 0 spiro atoms.